The van der Waals surface area contributed by atoms with E-state index in [4.69, 9.17) is 8.83 Å². The first-order valence-electron chi connectivity index (χ1n) is 8.71. The molecule has 1 aliphatic rings. The lowest BCUT2D eigenvalue weighted by atomic mass is 10.1. The van der Waals surface area contributed by atoms with E-state index in [0.717, 1.165) is 31.7 Å². The number of furan rings is 2. The lowest BCUT2D eigenvalue weighted by Gasteiger charge is -2.26. The summed E-state index contributed by atoms with van der Waals surface area (Å²) in [4.78, 5) is 14.4. The zero-order valence-corrected chi connectivity index (χ0v) is 15.2. The van der Waals surface area contributed by atoms with Gasteiger partial charge in [0.1, 0.15) is 5.76 Å². The summed E-state index contributed by atoms with van der Waals surface area (Å²) >= 11 is 1.40. The van der Waals surface area contributed by atoms with Gasteiger partial charge in [-0.3, -0.25) is 9.36 Å². The molecule has 0 bridgehead atoms. The predicted molar refractivity (Wildman–Crippen MR) is 96.7 cm³/mol. The van der Waals surface area contributed by atoms with Gasteiger partial charge in [0.25, 0.3) is 0 Å². The highest BCUT2D eigenvalue weighted by molar-refractivity contribution is 7.99. The van der Waals surface area contributed by atoms with Crippen LogP contribution in [-0.4, -0.2) is 44.4 Å². The van der Waals surface area contributed by atoms with Crippen LogP contribution in [0.1, 0.15) is 25.0 Å². The van der Waals surface area contributed by atoms with Gasteiger partial charge in [-0.1, -0.05) is 11.8 Å². The van der Waals surface area contributed by atoms with Crippen molar-refractivity contribution in [3.63, 3.8) is 0 Å². The lowest BCUT2D eigenvalue weighted by Crippen LogP contribution is -2.36. The second-order valence-corrected chi connectivity index (χ2v) is 7.12. The molecule has 0 radical (unpaired) electrons. The van der Waals surface area contributed by atoms with E-state index in [0.29, 0.717) is 29.0 Å². The standard InChI is InChI=1S/C18H20N4O3S/c23-16(21-8-2-1-3-9-21)13-26-18-20-19-17(15-7-5-11-25-15)22(18)12-14-6-4-10-24-14/h4-7,10-11H,1-3,8-9,12-13H2. The van der Waals surface area contributed by atoms with Gasteiger partial charge in [0.15, 0.2) is 10.9 Å². The lowest BCUT2D eigenvalue weighted by molar-refractivity contribution is -0.129. The molecular formula is C18H20N4O3S. The average molecular weight is 372 g/mol. The summed E-state index contributed by atoms with van der Waals surface area (Å²) in [6.45, 7) is 2.20. The van der Waals surface area contributed by atoms with Crippen molar-refractivity contribution in [1.29, 1.82) is 0 Å². The maximum Gasteiger partial charge on any atom is 0.233 e. The Morgan fingerprint density at radius 1 is 1.08 bits per heavy atom. The van der Waals surface area contributed by atoms with E-state index in [2.05, 4.69) is 10.2 Å². The fraction of sp³-hybridized carbons (Fsp3) is 0.389. The molecule has 0 aliphatic carbocycles. The van der Waals surface area contributed by atoms with Gasteiger partial charge in [-0.25, -0.2) is 0 Å². The average Bonchev–Trinajstić information content (AvgIpc) is 3.43. The quantitative estimate of drug-likeness (QED) is 0.618. The number of carbonyl (C=O) groups is 1. The molecule has 0 saturated carbocycles. The van der Waals surface area contributed by atoms with Crippen molar-refractivity contribution in [2.24, 2.45) is 0 Å². The summed E-state index contributed by atoms with van der Waals surface area (Å²) in [5.41, 5.74) is 0. The first kappa shape index (κ1) is 17.0. The molecule has 0 N–H and O–H groups in total. The van der Waals surface area contributed by atoms with Crippen LogP contribution in [0.25, 0.3) is 11.6 Å². The van der Waals surface area contributed by atoms with Crippen LogP contribution in [0, 0.1) is 0 Å². The zero-order chi connectivity index (χ0) is 17.8. The molecule has 8 heteroatoms. The van der Waals surface area contributed by atoms with Crippen LogP contribution in [0.15, 0.2) is 50.8 Å². The molecule has 3 aromatic rings. The molecule has 136 valence electrons. The van der Waals surface area contributed by atoms with Gasteiger partial charge in [0.05, 0.1) is 24.8 Å². The molecule has 26 heavy (non-hydrogen) atoms. The summed E-state index contributed by atoms with van der Waals surface area (Å²) in [7, 11) is 0. The summed E-state index contributed by atoms with van der Waals surface area (Å²) in [5, 5.41) is 9.21. The molecule has 1 amide bonds. The van der Waals surface area contributed by atoms with Gasteiger partial charge in [0.2, 0.25) is 11.7 Å². The molecule has 0 atom stereocenters. The third-order valence-electron chi connectivity index (χ3n) is 4.39. The molecule has 0 spiro atoms. The van der Waals surface area contributed by atoms with E-state index < -0.39 is 0 Å². The number of hydrogen-bond donors (Lipinski definition) is 0. The molecule has 1 aliphatic heterocycles. The van der Waals surface area contributed by atoms with Gasteiger partial charge in [-0.15, -0.1) is 10.2 Å². The summed E-state index contributed by atoms with van der Waals surface area (Å²) in [5.74, 6) is 2.57. The maximum absolute atomic E-state index is 12.4. The summed E-state index contributed by atoms with van der Waals surface area (Å²) in [6.07, 6.45) is 6.63. The Balaban J connectivity index is 1.52. The van der Waals surface area contributed by atoms with Gasteiger partial charge in [-0.05, 0) is 43.5 Å². The molecule has 7 nitrogen and oxygen atoms in total. The molecule has 4 heterocycles. The first-order valence-corrected chi connectivity index (χ1v) is 9.70. The number of hydrogen-bond acceptors (Lipinski definition) is 6. The van der Waals surface area contributed by atoms with E-state index >= 15 is 0 Å². The topological polar surface area (TPSA) is 77.3 Å². The second-order valence-electron chi connectivity index (χ2n) is 6.18. The van der Waals surface area contributed by atoms with Gasteiger partial charge < -0.3 is 13.7 Å². The summed E-state index contributed by atoms with van der Waals surface area (Å²) < 4.78 is 12.9. The Morgan fingerprint density at radius 2 is 1.88 bits per heavy atom. The summed E-state index contributed by atoms with van der Waals surface area (Å²) in [6, 6.07) is 7.40. The minimum atomic E-state index is 0.154. The van der Waals surface area contributed by atoms with E-state index in [9.17, 15) is 4.79 Å². The molecule has 0 unspecified atom stereocenters. The SMILES string of the molecule is O=C(CSc1nnc(-c2ccco2)n1Cc1ccco1)N1CCCCC1. The number of amides is 1. The minimum absolute atomic E-state index is 0.154. The predicted octanol–water partition coefficient (Wildman–Crippen LogP) is 3.28. The fourth-order valence-corrected chi connectivity index (χ4v) is 3.89. The molecule has 3 aromatic heterocycles. The van der Waals surface area contributed by atoms with Crippen LogP contribution in [0.4, 0.5) is 0 Å². The number of rotatable bonds is 6. The number of carbonyl (C=O) groups excluding carboxylic acids is 1. The number of thioether (sulfide) groups is 1. The first-order chi connectivity index (χ1) is 12.8. The van der Waals surface area contributed by atoms with E-state index in [1.165, 1.54) is 18.2 Å². The Bertz CT molecular complexity index is 836. The van der Waals surface area contributed by atoms with Crippen molar-refractivity contribution in [3.8, 4) is 11.6 Å². The smallest absolute Gasteiger partial charge is 0.233 e. The Kier molecular flexibility index (Phi) is 5.10. The van der Waals surface area contributed by atoms with Gasteiger partial charge in [-0.2, -0.15) is 0 Å². The highest BCUT2D eigenvalue weighted by atomic mass is 32.2. The van der Waals surface area contributed by atoms with Crippen molar-refractivity contribution in [3.05, 3.63) is 42.6 Å². The largest absolute Gasteiger partial charge is 0.467 e. The van der Waals surface area contributed by atoms with Crippen LogP contribution in [0.5, 0.6) is 0 Å². The number of likely N-dealkylation sites (tertiary alicyclic amines) is 1. The third-order valence-corrected chi connectivity index (χ3v) is 5.34. The Labute approximate surface area is 155 Å². The van der Waals surface area contributed by atoms with E-state index in [1.54, 1.807) is 12.5 Å². The van der Waals surface area contributed by atoms with Crippen LogP contribution in [0.2, 0.25) is 0 Å². The molecule has 1 fully saturated rings. The molecular weight excluding hydrogens is 352 g/mol. The Hall–Kier alpha value is -2.48. The van der Waals surface area contributed by atoms with E-state index in [1.807, 2.05) is 33.7 Å². The Morgan fingerprint density at radius 3 is 2.62 bits per heavy atom. The molecule has 4 rings (SSSR count). The zero-order valence-electron chi connectivity index (χ0n) is 14.3. The highest BCUT2D eigenvalue weighted by Gasteiger charge is 2.21. The van der Waals surface area contributed by atoms with Crippen molar-refractivity contribution < 1.29 is 13.6 Å². The van der Waals surface area contributed by atoms with E-state index in [-0.39, 0.29) is 5.91 Å². The minimum Gasteiger partial charge on any atom is -0.467 e. The third kappa shape index (κ3) is 3.70. The van der Waals surface area contributed by atoms with Crippen molar-refractivity contribution >= 4 is 17.7 Å². The number of piperidine rings is 1. The highest BCUT2D eigenvalue weighted by Crippen LogP contribution is 2.26. The van der Waals surface area contributed by atoms with Crippen LogP contribution in [-0.2, 0) is 11.3 Å². The molecule has 0 aromatic carbocycles. The van der Waals surface area contributed by atoms with Crippen LogP contribution >= 0.6 is 11.8 Å². The maximum atomic E-state index is 12.4. The van der Waals surface area contributed by atoms with Crippen molar-refractivity contribution in [2.75, 3.05) is 18.8 Å². The van der Waals surface area contributed by atoms with Crippen molar-refractivity contribution in [1.82, 2.24) is 19.7 Å². The normalized spacial score (nSPS) is 14.7. The number of aromatic nitrogens is 3. The molecule has 1 saturated heterocycles. The van der Waals surface area contributed by atoms with Crippen LogP contribution < -0.4 is 0 Å². The van der Waals surface area contributed by atoms with Gasteiger partial charge in [0, 0.05) is 13.1 Å². The van der Waals surface area contributed by atoms with Crippen LogP contribution in [0.3, 0.4) is 0 Å². The van der Waals surface area contributed by atoms with Crippen molar-refractivity contribution in [2.45, 2.75) is 31.0 Å². The van der Waals surface area contributed by atoms with Gasteiger partial charge >= 0.3 is 0 Å². The fourth-order valence-electron chi connectivity index (χ4n) is 3.05. The second kappa shape index (κ2) is 7.82. The number of nitrogens with zero attached hydrogens (tertiary/aromatic N) is 4. The monoisotopic (exact) mass is 372 g/mol.